The van der Waals surface area contributed by atoms with Crippen LogP contribution < -0.4 is 0 Å². The molecule has 0 aliphatic carbocycles. The minimum Gasteiger partial charge on any atom is -0.295 e. The van der Waals surface area contributed by atoms with Crippen molar-refractivity contribution >= 4 is 5.78 Å². The molecule has 0 saturated heterocycles. The van der Waals surface area contributed by atoms with Gasteiger partial charge in [0.15, 0.2) is 5.78 Å². The molecule has 0 saturated carbocycles. The molecule has 0 bridgehead atoms. The lowest BCUT2D eigenvalue weighted by atomic mass is 10.1. The first-order valence-corrected chi connectivity index (χ1v) is 7.27. The molecule has 0 radical (unpaired) electrons. The highest BCUT2D eigenvalue weighted by molar-refractivity contribution is 5.87. The molecule has 0 unspecified atom stereocenters. The summed E-state index contributed by atoms with van der Waals surface area (Å²) in [5.41, 5.74) is 0. The second-order valence-electron chi connectivity index (χ2n) is 4.69. The number of hydrogen-bond donors (Lipinski definition) is 0. The fourth-order valence-corrected chi connectivity index (χ4v) is 1.71. The summed E-state index contributed by atoms with van der Waals surface area (Å²) in [6.07, 6.45) is 22.2. The quantitative estimate of drug-likeness (QED) is 0.272. The van der Waals surface area contributed by atoms with Crippen LogP contribution in [0, 0.1) is 0 Å². The number of allylic oxidation sites excluding steroid dienone is 6. The van der Waals surface area contributed by atoms with E-state index >= 15 is 0 Å². The molecule has 1 heteroatoms. The van der Waals surface area contributed by atoms with E-state index in [-0.39, 0.29) is 5.78 Å². The van der Waals surface area contributed by atoms with E-state index in [4.69, 9.17) is 0 Å². The highest BCUT2D eigenvalue weighted by Crippen LogP contribution is 2.08. The Hall–Kier alpha value is -1.11. The van der Waals surface area contributed by atoms with Crippen LogP contribution in [-0.2, 0) is 4.79 Å². The number of rotatable bonds is 11. The average Bonchev–Trinajstić information content (AvgIpc) is 2.34. The Kier molecular flexibility index (Phi) is 13.1. The van der Waals surface area contributed by atoms with Crippen LogP contribution in [0.4, 0.5) is 0 Å². The van der Waals surface area contributed by atoms with E-state index in [2.05, 4.69) is 19.1 Å². The molecule has 0 N–H and O–H groups in total. The predicted octanol–water partition coefficient (Wildman–Crippen LogP) is 5.38. The summed E-state index contributed by atoms with van der Waals surface area (Å²) in [6.45, 7) is 3.81. The van der Waals surface area contributed by atoms with Crippen molar-refractivity contribution in [1.29, 1.82) is 0 Å². The van der Waals surface area contributed by atoms with Crippen LogP contribution in [0.3, 0.4) is 0 Å². The maximum absolute atomic E-state index is 10.6. The zero-order chi connectivity index (χ0) is 13.5. The van der Waals surface area contributed by atoms with Gasteiger partial charge in [-0.2, -0.15) is 0 Å². The predicted molar refractivity (Wildman–Crippen MR) is 80.7 cm³/mol. The Labute approximate surface area is 113 Å². The number of carbonyl (C=O) groups excluding carboxylic acids is 1. The van der Waals surface area contributed by atoms with Gasteiger partial charge in [-0.1, -0.05) is 75.8 Å². The lowest BCUT2D eigenvalue weighted by Crippen LogP contribution is -1.78. The molecule has 0 aromatic rings. The average molecular weight is 248 g/mol. The van der Waals surface area contributed by atoms with Gasteiger partial charge in [0.2, 0.25) is 0 Å². The van der Waals surface area contributed by atoms with Crippen LogP contribution >= 0.6 is 0 Å². The summed E-state index contributed by atoms with van der Waals surface area (Å²) in [7, 11) is 0. The summed E-state index contributed by atoms with van der Waals surface area (Å²) < 4.78 is 0. The van der Waals surface area contributed by atoms with E-state index in [9.17, 15) is 4.79 Å². The van der Waals surface area contributed by atoms with Crippen LogP contribution in [0.25, 0.3) is 0 Å². The number of hydrogen-bond acceptors (Lipinski definition) is 1. The maximum Gasteiger partial charge on any atom is 0.152 e. The molecule has 0 spiro atoms. The lowest BCUT2D eigenvalue weighted by molar-refractivity contribution is -0.112. The van der Waals surface area contributed by atoms with E-state index in [1.165, 1.54) is 44.9 Å². The topological polar surface area (TPSA) is 17.1 Å². The Morgan fingerprint density at radius 1 is 0.833 bits per heavy atom. The smallest absolute Gasteiger partial charge is 0.152 e. The van der Waals surface area contributed by atoms with Gasteiger partial charge in [-0.15, -0.1) is 0 Å². The van der Waals surface area contributed by atoms with Crippen LogP contribution in [0.2, 0.25) is 0 Å². The van der Waals surface area contributed by atoms with Crippen LogP contribution in [-0.4, -0.2) is 5.78 Å². The Bertz CT molecular complexity index is 271. The van der Waals surface area contributed by atoms with E-state index in [1.807, 2.05) is 12.2 Å². The fraction of sp³-hybridized carbons (Fsp3) is 0.588. The van der Waals surface area contributed by atoms with E-state index in [0.717, 1.165) is 6.42 Å². The molecule has 0 fully saturated rings. The summed E-state index contributed by atoms with van der Waals surface area (Å²) in [4.78, 5) is 10.6. The molecule has 0 aromatic heterocycles. The molecular weight excluding hydrogens is 220 g/mol. The summed E-state index contributed by atoms with van der Waals surface area (Å²) in [5, 5.41) is 0. The van der Waals surface area contributed by atoms with Gasteiger partial charge >= 0.3 is 0 Å². The number of carbonyl (C=O) groups is 1. The summed E-state index contributed by atoms with van der Waals surface area (Å²) in [5.74, 6) is 0.0895. The highest BCUT2D eigenvalue weighted by Gasteiger charge is 1.88. The van der Waals surface area contributed by atoms with Crippen molar-refractivity contribution in [3.05, 3.63) is 36.5 Å². The number of ketones is 1. The Balaban J connectivity index is 3.30. The monoisotopic (exact) mass is 248 g/mol. The first-order chi connectivity index (χ1) is 8.77. The van der Waals surface area contributed by atoms with Crippen LogP contribution in [0.5, 0.6) is 0 Å². The van der Waals surface area contributed by atoms with Crippen molar-refractivity contribution in [2.75, 3.05) is 0 Å². The molecule has 18 heavy (non-hydrogen) atoms. The largest absolute Gasteiger partial charge is 0.295 e. The highest BCUT2D eigenvalue weighted by atomic mass is 16.1. The van der Waals surface area contributed by atoms with Gasteiger partial charge in [0.1, 0.15) is 0 Å². The van der Waals surface area contributed by atoms with E-state index in [1.54, 1.807) is 19.1 Å². The first kappa shape index (κ1) is 16.9. The maximum atomic E-state index is 10.6. The van der Waals surface area contributed by atoms with Crippen LogP contribution in [0.15, 0.2) is 36.5 Å². The molecule has 0 aliphatic heterocycles. The molecule has 0 aliphatic rings. The van der Waals surface area contributed by atoms with Crippen molar-refractivity contribution in [3.8, 4) is 0 Å². The third-order valence-electron chi connectivity index (χ3n) is 2.77. The summed E-state index contributed by atoms with van der Waals surface area (Å²) in [6, 6.07) is 0. The Morgan fingerprint density at radius 3 is 2.11 bits per heavy atom. The molecule has 1 nitrogen and oxygen atoms in total. The first-order valence-electron chi connectivity index (χ1n) is 7.27. The van der Waals surface area contributed by atoms with Gasteiger partial charge in [-0.3, -0.25) is 4.79 Å². The van der Waals surface area contributed by atoms with Gasteiger partial charge in [0.25, 0.3) is 0 Å². The van der Waals surface area contributed by atoms with Gasteiger partial charge < -0.3 is 0 Å². The normalized spacial score (nSPS) is 12.1. The Morgan fingerprint density at radius 2 is 1.44 bits per heavy atom. The van der Waals surface area contributed by atoms with Crippen molar-refractivity contribution in [2.45, 2.75) is 65.2 Å². The van der Waals surface area contributed by atoms with Crippen molar-refractivity contribution in [3.63, 3.8) is 0 Å². The van der Waals surface area contributed by atoms with Gasteiger partial charge in [-0.05, 0) is 25.8 Å². The van der Waals surface area contributed by atoms with Crippen molar-refractivity contribution < 1.29 is 4.79 Å². The van der Waals surface area contributed by atoms with E-state index in [0.29, 0.717) is 0 Å². The zero-order valence-electron chi connectivity index (χ0n) is 12.0. The van der Waals surface area contributed by atoms with E-state index < -0.39 is 0 Å². The number of unbranched alkanes of at least 4 members (excludes halogenated alkanes) is 7. The van der Waals surface area contributed by atoms with Gasteiger partial charge in [-0.25, -0.2) is 0 Å². The van der Waals surface area contributed by atoms with Gasteiger partial charge in [0, 0.05) is 0 Å². The standard InChI is InChI=1S/C17H28O/c1-3-4-5-6-7-8-9-10-11-12-13-14-15-16-17(2)18/h11-16H,3-10H2,1-2H3/b12-11+,14-13+,16-15+. The SMILES string of the molecule is CCCCCCCCC/C=C/C=C/C=C/C(C)=O. The molecular formula is C17H28O. The minimum absolute atomic E-state index is 0.0895. The molecule has 0 rings (SSSR count). The summed E-state index contributed by atoms with van der Waals surface area (Å²) >= 11 is 0. The lowest BCUT2D eigenvalue weighted by Gasteiger charge is -1.98. The zero-order valence-corrected chi connectivity index (χ0v) is 12.0. The molecule has 0 heterocycles. The molecule has 0 atom stereocenters. The second-order valence-corrected chi connectivity index (χ2v) is 4.69. The molecule has 0 amide bonds. The fourth-order valence-electron chi connectivity index (χ4n) is 1.71. The second kappa shape index (κ2) is 14.0. The third-order valence-corrected chi connectivity index (χ3v) is 2.77. The molecule has 0 aromatic carbocycles. The van der Waals surface area contributed by atoms with Crippen LogP contribution in [0.1, 0.15) is 65.2 Å². The third kappa shape index (κ3) is 14.9. The van der Waals surface area contributed by atoms with Gasteiger partial charge in [0.05, 0.1) is 0 Å². The molecule has 102 valence electrons. The van der Waals surface area contributed by atoms with Crippen molar-refractivity contribution in [2.24, 2.45) is 0 Å². The minimum atomic E-state index is 0.0895. The van der Waals surface area contributed by atoms with Crippen molar-refractivity contribution in [1.82, 2.24) is 0 Å².